The molecule has 0 aromatic rings. The molecule has 0 bridgehead atoms. The van der Waals surface area contributed by atoms with Crippen LogP contribution in [0.15, 0.2) is 0 Å². The number of nitrogens with one attached hydrogen (secondary N) is 1. The first kappa shape index (κ1) is 6.51. The van der Waals surface area contributed by atoms with Crippen molar-refractivity contribution in [3.05, 3.63) is 0 Å². The molecule has 0 aliphatic carbocycles. The molecule has 4 heteroatoms. The summed E-state index contributed by atoms with van der Waals surface area (Å²) >= 11 is 0. The molecule has 1 saturated heterocycles. The molecule has 1 aliphatic heterocycles. The third kappa shape index (κ3) is 1.04. The SMILES string of the molecule is N=C(N)C1(O)CCOC1. The van der Waals surface area contributed by atoms with E-state index in [4.69, 9.17) is 15.9 Å². The molecule has 9 heavy (non-hydrogen) atoms. The van der Waals surface area contributed by atoms with E-state index < -0.39 is 5.60 Å². The number of amidine groups is 1. The van der Waals surface area contributed by atoms with E-state index in [0.717, 1.165) is 0 Å². The van der Waals surface area contributed by atoms with E-state index in [9.17, 15) is 5.11 Å². The van der Waals surface area contributed by atoms with Crippen LogP contribution in [0.25, 0.3) is 0 Å². The zero-order valence-corrected chi connectivity index (χ0v) is 5.05. The molecule has 1 aliphatic rings. The normalized spacial score (nSPS) is 34.8. The summed E-state index contributed by atoms with van der Waals surface area (Å²) in [6, 6.07) is 0. The minimum absolute atomic E-state index is 0.169. The monoisotopic (exact) mass is 130 g/mol. The maximum atomic E-state index is 9.29. The summed E-state index contributed by atoms with van der Waals surface area (Å²) in [6.45, 7) is 0.665. The van der Waals surface area contributed by atoms with Crippen LogP contribution in [-0.2, 0) is 4.74 Å². The van der Waals surface area contributed by atoms with E-state index in [1.54, 1.807) is 0 Å². The van der Waals surface area contributed by atoms with Gasteiger partial charge in [-0.05, 0) is 0 Å². The van der Waals surface area contributed by atoms with E-state index in [0.29, 0.717) is 13.0 Å². The highest BCUT2D eigenvalue weighted by Crippen LogP contribution is 2.16. The van der Waals surface area contributed by atoms with Crippen molar-refractivity contribution in [1.82, 2.24) is 0 Å². The number of hydrogen-bond donors (Lipinski definition) is 3. The predicted molar refractivity (Wildman–Crippen MR) is 32.3 cm³/mol. The molecule has 1 unspecified atom stereocenters. The van der Waals surface area contributed by atoms with Gasteiger partial charge >= 0.3 is 0 Å². The largest absolute Gasteiger partial charge is 0.385 e. The number of hydrogen-bond acceptors (Lipinski definition) is 3. The zero-order valence-electron chi connectivity index (χ0n) is 5.05. The van der Waals surface area contributed by atoms with Crippen LogP contribution in [0.2, 0.25) is 0 Å². The summed E-state index contributed by atoms with van der Waals surface area (Å²) in [4.78, 5) is 0. The standard InChI is InChI=1S/C5H10N2O2/c6-4(7)5(8)1-2-9-3-5/h8H,1-3H2,(H3,6,7). The van der Waals surface area contributed by atoms with Crippen LogP contribution >= 0.6 is 0 Å². The lowest BCUT2D eigenvalue weighted by atomic mass is 10.0. The Kier molecular flexibility index (Phi) is 1.42. The highest BCUT2D eigenvalue weighted by molar-refractivity contribution is 5.86. The molecule has 52 valence electrons. The average molecular weight is 130 g/mol. The van der Waals surface area contributed by atoms with Crippen molar-refractivity contribution in [2.24, 2.45) is 5.73 Å². The van der Waals surface area contributed by atoms with Crippen molar-refractivity contribution in [2.45, 2.75) is 12.0 Å². The van der Waals surface area contributed by atoms with Crippen molar-refractivity contribution in [2.75, 3.05) is 13.2 Å². The number of aliphatic hydroxyl groups is 1. The van der Waals surface area contributed by atoms with Crippen LogP contribution in [0.4, 0.5) is 0 Å². The van der Waals surface area contributed by atoms with Crippen LogP contribution in [0, 0.1) is 5.41 Å². The van der Waals surface area contributed by atoms with Crippen molar-refractivity contribution in [3.8, 4) is 0 Å². The van der Waals surface area contributed by atoms with Gasteiger partial charge in [0.1, 0.15) is 11.4 Å². The third-order valence-electron chi connectivity index (χ3n) is 1.50. The molecule has 0 amide bonds. The van der Waals surface area contributed by atoms with Crippen molar-refractivity contribution in [1.29, 1.82) is 5.41 Å². The fraction of sp³-hybridized carbons (Fsp3) is 0.800. The Labute approximate surface area is 53.1 Å². The molecule has 1 rings (SSSR count). The summed E-state index contributed by atoms with van der Waals surface area (Å²) in [5.74, 6) is -0.194. The van der Waals surface area contributed by atoms with E-state index in [2.05, 4.69) is 0 Å². The van der Waals surface area contributed by atoms with Crippen LogP contribution < -0.4 is 5.73 Å². The van der Waals surface area contributed by atoms with Crippen LogP contribution in [-0.4, -0.2) is 29.8 Å². The molecule has 1 fully saturated rings. The van der Waals surface area contributed by atoms with Gasteiger partial charge in [0.15, 0.2) is 0 Å². The second-order valence-electron chi connectivity index (χ2n) is 2.25. The van der Waals surface area contributed by atoms with Gasteiger partial charge in [0.2, 0.25) is 0 Å². The van der Waals surface area contributed by atoms with E-state index in [-0.39, 0.29) is 12.4 Å². The Bertz CT molecular complexity index is 129. The fourth-order valence-electron chi connectivity index (χ4n) is 0.767. The van der Waals surface area contributed by atoms with Crippen LogP contribution in [0.5, 0.6) is 0 Å². The van der Waals surface area contributed by atoms with Crippen molar-refractivity contribution < 1.29 is 9.84 Å². The Morgan fingerprint density at radius 1 is 1.78 bits per heavy atom. The highest BCUT2D eigenvalue weighted by atomic mass is 16.5. The maximum absolute atomic E-state index is 9.29. The summed E-state index contributed by atoms with van der Waals surface area (Å²) in [5.41, 5.74) is 3.92. The minimum atomic E-state index is -1.17. The van der Waals surface area contributed by atoms with Gasteiger partial charge in [0.05, 0.1) is 13.2 Å². The fourth-order valence-corrected chi connectivity index (χ4v) is 0.767. The quantitative estimate of drug-likeness (QED) is 0.317. The molecule has 4 N–H and O–H groups in total. The Hall–Kier alpha value is -0.610. The molecule has 0 saturated carbocycles. The third-order valence-corrected chi connectivity index (χ3v) is 1.50. The van der Waals surface area contributed by atoms with Gasteiger partial charge in [-0.15, -0.1) is 0 Å². The first-order valence-electron chi connectivity index (χ1n) is 2.80. The lowest BCUT2D eigenvalue weighted by Gasteiger charge is -2.16. The lowest BCUT2D eigenvalue weighted by Crippen LogP contribution is -2.43. The van der Waals surface area contributed by atoms with Gasteiger partial charge in [-0.2, -0.15) is 0 Å². The van der Waals surface area contributed by atoms with Crippen LogP contribution in [0.3, 0.4) is 0 Å². The highest BCUT2D eigenvalue weighted by Gasteiger charge is 2.35. The summed E-state index contributed by atoms with van der Waals surface area (Å²) < 4.78 is 4.85. The van der Waals surface area contributed by atoms with E-state index in [1.165, 1.54) is 0 Å². The first-order chi connectivity index (χ1) is 4.15. The molecule has 0 spiro atoms. The number of ether oxygens (including phenoxy) is 1. The molecule has 1 atom stereocenters. The average Bonchev–Trinajstić information content (AvgIpc) is 2.16. The van der Waals surface area contributed by atoms with Gasteiger partial charge in [-0.3, -0.25) is 5.41 Å². The summed E-state index contributed by atoms with van der Waals surface area (Å²) in [5, 5.41) is 16.2. The van der Waals surface area contributed by atoms with E-state index >= 15 is 0 Å². The maximum Gasteiger partial charge on any atom is 0.146 e. The van der Waals surface area contributed by atoms with Crippen LogP contribution in [0.1, 0.15) is 6.42 Å². The lowest BCUT2D eigenvalue weighted by molar-refractivity contribution is 0.0828. The van der Waals surface area contributed by atoms with Gasteiger partial charge in [0.25, 0.3) is 0 Å². The predicted octanol–water partition coefficient (Wildman–Crippen LogP) is -0.926. The molecule has 0 aromatic carbocycles. The van der Waals surface area contributed by atoms with E-state index in [1.807, 2.05) is 0 Å². The number of nitrogens with two attached hydrogens (primary N) is 1. The molecular weight excluding hydrogens is 120 g/mol. The molecular formula is C5H10N2O2. The van der Waals surface area contributed by atoms with Gasteiger partial charge in [-0.1, -0.05) is 0 Å². The topological polar surface area (TPSA) is 79.3 Å². The van der Waals surface area contributed by atoms with Gasteiger partial charge < -0.3 is 15.6 Å². The van der Waals surface area contributed by atoms with Crippen molar-refractivity contribution >= 4 is 5.84 Å². The minimum Gasteiger partial charge on any atom is -0.385 e. The van der Waals surface area contributed by atoms with Crippen molar-refractivity contribution in [3.63, 3.8) is 0 Å². The molecule has 4 nitrogen and oxygen atoms in total. The second-order valence-corrected chi connectivity index (χ2v) is 2.25. The zero-order chi connectivity index (χ0) is 6.91. The Balaban J connectivity index is 2.61. The molecule has 1 heterocycles. The first-order valence-corrected chi connectivity index (χ1v) is 2.80. The Morgan fingerprint density at radius 3 is 2.67 bits per heavy atom. The number of rotatable bonds is 1. The van der Waals surface area contributed by atoms with Gasteiger partial charge in [0, 0.05) is 6.42 Å². The van der Waals surface area contributed by atoms with Gasteiger partial charge in [-0.25, -0.2) is 0 Å². The smallest absolute Gasteiger partial charge is 0.146 e. The molecule has 0 radical (unpaired) electrons. The molecule has 0 aromatic heterocycles. The second kappa shape index (κ2) is 1.97. The Morgan fingerprint density at radius 2 is 2.44 bits per heavy atom. The summed E-state index contributed by atoms with van der Waals surface area (Å²) in [6.07, 6.45) is 0.447. The summed E-state index contributed by atoms with van der Waals surface area (Å²) in [7, 11) is 0.